The Morgan fingerprint density at radius 3 is 2.51 bits per heavy atom. The molecule has 238 valence electrons. The van der Waals surface area contributed by atoms with Gasteiger partial charge < -0.3 is 4.90 Å². The quantitative estimate of drug-likeness (QED) is 0.300. The van der Waals surface area contributed by atoms with E-state index in [0.29, 0.717) is 44.4 Å². The highest BCUT2D eigenvalue weighted by molar-refractivity contribution is 6.01. The van der Waals surface area contributed by atoms with Gasteiger partial charge in [-0.15, -0.1) is 0 Å². The minimum Gasteiger partial charge on any atom is -0.338 e. The van der Waals surface area contributed by atoms with Crippen molar-refractivity contribution >= 4 is 34.2 Å². The van der Waals surface area contributed by atoms with E-state index in [1.165, 1.54) is 5.57 Å². The van der Waals surface area contributed by atoms with E-state index in [0.717, 1.165) is 64.9 Å². The number of amides is 2. The van der Waals surface area contributed by atoms with Crippen LogP contribution in [0.1, 0.15) is 30.5 Å². The summed E-state index contributed by atoms with van der Waals surface area (Å²) in [6.45, 7) is 5.48. The molecule has 1 aromatic carbocycles. The lowest BCUT2D eigenvalue weighted by atomic mass is 9.85. The molecule has 12 heteroatoms. The van der Waals surface area contributed by atoms with Crippen LogP contribution in [-0.2, 0) is 16.6 Å². The fraction of sp³-hybridized carbons (Fsp3) is 0.343. The Balaban J connectivity index is 0.894. The van der Waals surface area contributed by atoms with Crippen LogP contribution in [0.2, 0.25) is 0 Å². The van der Waals surface area contributed by atoms with E-state index in [2.05, 4.69) is 48.4 Å². The van der Waals surface area contributed by atoms with Gasteiger partial charge >= 0.3 is 0 Å². The van der Waals surface area contributed by atoms with Crippen molar-refractivity contribution in [3.05, 3.63) is 78.4 Å². The number of pyridine rings is 2. The van der Waals surface area contributed by atoms with Gasteiger partial charge in [0.2, 0.25) is 11.8 Å². The maximum absolute atomic E-state index is 13.9. The predicted molar refractivity (Wildman–Crippen MR) is 178 cm³/mol. The molecule has 4 aromatic heterocycles. The predicted octanol–water partition coefficient (Wildman–Crippen LogP) is 3.87. The summed E-state index contributed by atoms with van der Waals surface area (Å²) in [6.07, 6.45) is 7.95. The first kappa shape index (κ1) is 29.2. The van der Waals surface area contributed by atoms with E-state index in [1.54, 1.807) is 17.2 Å². The Labute approximate surface area is 272 Å². The molecule has 1 spiro atoms. The Kier molecular flexibility index (Phi) is 7.16. The van der Waals surface area contributed by atoms with Gasteiger partial charge in [-0.1, -0.05) is 30.3 Å². The third-order valence-corrected chi connectivity index (χ3v) is 9.83. The largest absolute Gasteiger partial charge is 0.338 e. The maximum atomic E-state index is 13.9. The molecule has 12 nitrogen and oxygen atoms in total. The Morgan fingerprint density at radius 1 is 0.957 bits per heavy atom. The lowest BCUT2D eigenvalue weighted by molar-refractivity contribution is -0.132. The summed E-state index contributed by atoms with van der Waals surface area (Å²) in [5.74, 6) is 1.55. The minimum atomic E-state index is -0.483. The van der Waals surface area contributed by atoms with Gasteiger partial charge in [-0.25, -0.2) is 9.97 Å². The highest BCUT2D eigenvalue weighted by atomic mass is 16.2. The number of hydrogen-bond donors (Lipinski definition) is 1. The fourth-order valence-corrected chi connectivity index (χ4v) is 7.11. The van der Waals surface area contributed by atoms with Gasteiger partial charge in [0.25, 0.3) is 0 Å². The average molecular weight is 629 g/mol. The minimum absolute atomic E-state index is 0.0942. The lowest BCUT2D eigenvalue weighted by Crippen LogP contribution is -2.43. The monoisotopic (exact) mass is 628 g/mol. The Morgan fingerprint density at radius 2 is 1.77 bits per heavy atom. The van der Waals surface area contributed by atoms with E-state index in [9.17, 15) is 9.59 Å². The van der Waals surface area contributed by atoms with Crippen LogP contribution < -0.4 is 4.90 Å². The first-order chi connectivity index (χ1) is 22.8. The number of carbonyl (C=O) groups is 2. The van der Waals surface area contributed by atoms with E-state index < -0.39 is 5.41 Å². The molecule has 3 aliphatic rings. The van der Waals surface area contributed by atoms with Gasteiger partial charge in [0.15, 0.2) is 5.82 Å². The van der Waals surface area contributed by atoms with Crippen LogP contribution in [0, 0.1) is 12.3 Å². The number of fused-ring (bicyclic) bond motifs is 1. The summed E-state index contributed by atoms with van der Waals surface area (Å²) in [7, 11) is 1.86. The van der Waals surface area contributed by atoms with Gasteiger partial charge in [-0.3, -0.25) is 34.2 Å². The van der Waals surface area contributed by atoms with Gasteiger partial charge in [0.1, 0.15) is 23.4 Å². The molecule has 8 rings (SSSR count). The zero-order valence-corrected chi connectivity index (χ0v) is 26.6. The second-order valence-electron chi connectivity index (χ2n) is 12.9. The number of rotatable bonds is 6. The molecular weight excluding hydrogens is 592 g/mol. The SMILES string of the molecule is Cc1ccc(-c2n[nH]c3ccc(N4CC[C@]5(CCN(CC(=O)N6CC=C(c7ccc(-c8ncn(C)n8)cc7)CC6)C5)C4=O)nc23)cn1. The number of nitrogens with zero attached hydrogens (tertiary/aromatic N) is 9. The first-order valence-corrected chi connectivity index (χ1v) is 16.1. The summed E-state index contributed by atoms with van der Waals surface area (Å²) in [6, 6.07) is 16.0. The summed E-state index contributed by atoms with van der Waals surface area (Å²) in [5.41, 5.74) is 6.96. The molecule has 2 saturated heterocycles. The Bertz CT molecular complexity index is 2010. The van der Waals surface area contributed by atoms with E-state index in [4.69, 9.17) is 4.98 Å². The van der Waals surface area contributed by atoms with Crippen LogP contribution in [0.25, 0.3) is 39.3 Å². The zero-order chi connectivity index (χ0) is 32.1. The smallest absolute Gasteiger partial charge is 0.237 e. The molecule has 1 atom stereocenters. The number of likely N-dealkylation sites (tertiary alicyclic amines) is 1. The number of aromatic nitrogens is 7. The van der Waals surface area contributed by atoms with Gasteiger partial charge in [0.05, 0.1) is 17.5 Å². The number of benzene rings is 1. The van der Waals surface area contributed by atoms with Crippen molar-refractivity contribution in [3.63, 3.8) is 0 Å². The van der Waals surface area contributed by atoms with Gasteiger partial charge in [-0.05, 0) is 68.1 Å². The van der Waals surface area contributed by atoms with E-state index in [-0.39, 0.29) is 11.8 Å². The van der Waals surface area contributed by atoms with Crippen LogP contribution in [0.4, 0.5) is 5.82 Å². The van der Waals surface area contributed by atoms with Crippen LogP contribution in [0.3, 0.4) is 0 Å². The first-order valence-electron chi connectivity index (χ1n) is 16.1. The van der Waals surface area contributed by atoms with E-state index in [1.807, 2.05) is 60.2 Å². The topological polar surface area (TPSA) is 129 Å². The van der Waals surface area contributed by atoms with Crippen molar-refractivity contribution in [2.45, 2.75) is 26.2 Å². The normalized spacial score (nSPS) is 20.1. The van der Waals surface area contributed by atoms with Gasteiger partial charge in [0, 0.05) is 56.2 Å². The van der Waals surface area contributed by atoms with Crippen molar-refractivity contribution in [1.82, 2.24) is 44.7 Å². The van der Waals surface area contributed by atoms with Crippen LogP contribution in [0.15, 0.2) is 67.1 Å². The molecule has 3 aliphatic heterocycles. The van der Waals surface area contributed by atoms with Gasteiger partial charge in [-0.2, -0.15) is 10.2 Å². The average Bonchev–Trinajstić information content (AvgIpc) is 3.89. The number of nitrogens with one attached hydrogen (secondary N) is 1. The molecule has 7 heterocycles. The summed E-state index contributed by atoms with van der Waals surface area (Å²) < 4.78 is 1.70. The third-order valence-electron chi connectivity index (χ3n) is 9.83. The molecule has 0 bridgehead atoms. The second-order valence-corrected chi connectivity index (χ2v) is 12.9. The van der Waals surface area contributed by atoms with Crippen molar-refractivity contribution in [2.24, 2.45) is 12.5 Å². The van der Waals surface area contributed by atoms with Crippen molar-refractivity contribution < 1.29 is 9.59 Å². The van der Waals surface area contributed by atoms with Crippen molar-refractivity contribution in [2.75, 3.05) is 44.2 Å². The number of carbonyl (C=O) groups excluding carboxylic acids is 2. The van der Waals surface area contributed by atoms with Crippen LogP contribution in [0.5, 0.6) is 0 Å². The Hall–Kier alpha value is -5.23. The molecule has 0 unspecified atom stereocenters. The summed E-state index contributed by atoms with van der Waals surface area (Å²) in [5, 5.41) is 11.9. The molecular formula is C35H36N10O2. The van der Waals surface area contributed by atoms with Crippen LogP contribution in [-0.4, -0.2) is 95.8 Å². The van der Waals surface area contributed by atoms with E-state index >= 15 is 0 Å². The number of aromatic amines is 1. The molecule has 5 aromatic rings. The fourth-order valence-electron chi connectivity index (χ4n) is 7.11. The van der Waals surface area contributed by atoms with Crippen molar-refractivity contribution in [1.29, 1.82) is 0 Å². The zero-order valence-electron chi connectivity index (χ0n) is 26.6. The number of aryl methyl sites for hydroxylation is 2. The molecule has 2 fully saturated rings. The summed E-state index contributed by atoms with van der Waals surface area (Å²) in [4.78, 5) is 46.8. The molecule has 47 heavy (non-hydrogen) atoms. The third kappa shape index (κ3) is 5.38. The molecule has 1 N–H and O–H groups in total. The standard InChI is InChI=1S/C35H36N10O2/c1-23-3-4-27(19-36-23)31-32-28(39-40-31)9-10-29(38-32)45-18-14-35(34(45)47)13-17-43(21-35)20-30(46)44-15-11-25(12-16-44)24-5-7-26(8-6-24)33-37-22-42(2)41-33/h3-11,19,22H,12-18,20-21H2,1-2H3,(H,39,40)/t35-/m0/s1. The number of anilines is 1. The highest BCUT2D eigenvalue weighted by Gasteiger charge is 2.51. The summed E-state index contributed by atoms with van der Waals surface area (Å²) >= 11 is 0. The number of H-pyrrole nitrogens is 1. The molecule has 2 amide bonds. The molecule has 0 radical (unpaired) electrons. The van der Waals surface area contributed by atoms with Crippen LogP contribution >= 0.6 is 0 Å². The molecule has 0 saturated carbocycles. The lowest BCUT2D eigenvalue weighted by Gasteiger charge is -2.29. The number of hydrogen-bond acceptors (Lipinski definition) is 8. The second kappa shape index (κ2) is 11.5. The highest BCUT2D eigenvalue weighted by Crippen LogP contribution is 2.42. The maximum Gasteiger partial charge on any atom is 0.237 e. The molecule has 0 aliphatic carbocycles. The van der Waals surface area contributed by atoms with Crippen molar-refractivity contribution in [3.8, 4) is 22.6 Å².